The largest absolute Gasteiger partial charge is 0.396 e. The van der Waals surface area contributed by atoms with Gasteiger partial charge in [-0.2, -0.15) is 0 Å². The molecule has 1 aromatic heterocycles. The maximum absolute atomic E-state index is 9.61. The summed E-state index contributed by atoms with van der Waals surface area (Å²) in [7, 11) is 0. The Morgan fingerprint density at radius 1 is 1.15 bits per heavy atom. The molecule has 3 rings (SSSR count). The van der Waals surface area contributed by atoms with Crippen LogP contribution < -0.4 is 5.32 Å². The zero-order valence-electron chi connectivity index (χ0n) is 11.8. The predicted octanol–water partition coefficient (Wildman–Crippen LogP) is 2.88. The minimum absolute atomic E-state index is 0.126. The van der Waals surface area contributed by atoms with Crippen LogP contribution >= 0.6 is 0 Å². The van der Waals surface area contributed by atoms with E-state index in [-0.39, 0.29) is 5.41 Å². The summed E-state index contributed by atoms with van der Waals surface area (Å²) in [4.78, 5) is 4.13. The first kappa shape index (κ1) is 13.5. The number of hydrogen-bond acceptors (Lipinski definition) is 3. The molecular formula is C17H22N2O. The lowest BCUT2D eigenvalue weighted by molar-refractivity contribution is 0.128. The van der Waals surface area contributed by atoms with E-state index in [0.29, 0.717) is 6.61 Å². The van der Waals surface area contributed by atoms with Crippen LogP contribution in [0.25, 0.3) is 10.8 Å². The summed E-state index contributed by atoms with van der Waals surface area (Å²) in [6, 6.07) is 8.53. The molecule has 0 bridgehead atoms. The maximum Gasteiger partial charge on any atom is 0.0499 e. The molecule has 0 unspecified atom stereocenters. The van der Waals surface area contributed by atoms with Crippen LogP contribution in [0.4, 0.5) is 0 Å². The van der Waals surface area contributed by atoms with Gasteiger partial charge in [0.05, 0.1) is 0 Å². The van der Waals surface area contributed by atoms with Crippen molar-refractivity contribution in [3.8, 4) is 0 Å². The van der Waals surface area contributed by atoms with Crippen LogP contribution in [-0.4, -0.2) is 23.2 Å². The third-order valence-corrected chi connectivity index (χ3v) is 4.53. The number of nitrogens with zero attached hydrogens (tertiary/aromatic N) is 1. The van der Waals surface area contributed by atoms with Gasteiger partial charge in [0, 0.05) is 42.9 Å². The van der Waals surface area contributed by atoms with Crippen LogP contribution in [0, 0.1) is 5.41 Å². The van der Waals surface area contributed by atoms with Crippen LogP contribution in [0.3, 0.4) is 0 Å². The van der Waals surface area contributed by atoms with Gasteiger partial charge < -0.3 is 10.4 Å². The van der Waals surface area contributed by atoms with Crippen LogP contribution in [0.2, 0.25) is 0 Å². The Bertz CT molecular complexity index is 576. The van der Waals surface area contributed by atoms with Gasteiger partial charge in [0.15, 0.2) is 0 Å². The number of aromatic nitrogens is 1. The molecule has 0 saturated heterocycles. The van der Waals surface area contributed by atoms with Crippen molar-refractivity contribution in [2.45, 2.75) is 32.2 Å². The molecule has 0 aliphatic heterocycles. The van der Waals surface area contributed by atoms with Gasteiger partial charge in [0.25, 0.3) is 0 Å². The lowest BCUT2D eigenvalue weighted by atomic mass is 9.87. The van der Waals surface area contributed by atoms with Gasteiger partial charge in [0.1, 0.15) is 0 Å². The number of fused-ring (bicyclic) bond motifs is 1. The third kappa shape index (κ3) is 2.84. The van der Waals surface area contributed by atoms with Crippen molar-refractivity contribution in [3.63, 3.8) is 0 Å². The van der Waals surface area contributed by atoms with Crippen molar-refractivity contribution in [3.05, 3.63) is 42.2 Å². The van der Waals surface area contributed by atoms with Gasteiger partial charge in [-0.3, -0.25) is 4.98 Å². The molecule has 3 nitrogen and oxygen atoms in total. The molecule has 1 heterocycles. The highest BCUT2D eigenvalue weighted by Crippen LogP contribution is 2.36. The maximum atomic E-state index is 9.61. The highest BCUT2D eigenvalue weighted by molar-refractivity contribution is 5.81. The Kier molecular flexibility index (Phi) is 3.99. The Morgan fingerprint density at radius 2 is 2.00 bits per heavy atom. The van der Waals surface area contributed by atoms with E-state index >= 15 is 0 Å². The summed E-state index contributed by atoms with van der Waals surface area (Å²) in [5.41, 5.74) is 1.41. The monoisotopic (exact) mass is 270 g/mol. The number of rotatable bonds is 5. The van der Waals surface area contributed by atoms with E-state index in [1.54, 1.807) is 0 Å². The molecule has 1 aliphatic rings. The smallest absolute Gasteiger partial charge is 0.0499 e. The van der Waals surface area contributed by atoms with Crippen LogP contribution in [0.1, 0.15) is 31.2 Å². The predicted molar refractivity (Wildman–Crippen MR) is 81.4 cm³/mol. The van der Waals surface area contributed by atoms with E-state index in [1.165, 1.54) is 29.2 Å². The lowest BCUT2D eigenvalue weighted by Crippen LogP contribution is -2.34. The fraction of sp³-hybridized carbons (Fsp3) is 0.471. The number of aliphatic hydroxyl groups is 1. The Balaban J connectivity index is 1.62. The normalized spacial score (nSPS) is 17.6. The number of aliphatic hydroxyl groups excluding tert-OH is 1. The van der Waals surface area contributed by atoms with E-state index in [9.17, 15) is 5.11 Å². The topological polar surface area (TPSA) is 45.1 Å². The van der Waals surface area contributed by atoms with Crippen molar-refractivity contribution in [1.82, 2.24) is 10.3 Å². The van der Waals surface area contributed by atoms with Gasteiger partial charge >= 0.3 is 0 Å². The number of benzene rings is 1. The SMILES string of the molecule is OCC1(CNCc2ccc3cnccc3c2)CCCC1. The second kappa shape index (κ2) is 5.90. The molecule has 0 amide bonds. The molecular weight excluding hydrogens is 248 g/mol. The zero-order chi connectivity index (χ0) is 13.8. The fourth-order valence-corrected chi connectivity index (χ4v) is 3.23. The average Bonchev–Trinajstić information content (AvgIpc) is 2.96. The fourth-order valence-electron chi connectivity index (χ4n) is 3.23. The molecule has 2 aromatic rings. The Labute approximate surface area is 120 Å². The number of nitrogens with one attached hydrogen (secondary N) is 1. The van der Waals surface area contributed by atoms with Crippen molar-refractivity contribution < 1.29 is 5.11 Å². The first-order chi connectivity index (χ1) is 9.81. The highest BCUT2D eigenvalue weighted by atomic mass is 16.3. The lowest BCUT2D eigenvalue weighted by Gasteiger charge is -2.26. The summed E-state index contributed by atoms with van der Waals surface area (Å²) in [6.45, 7) is 2.08. The molecule has 1 saturated carbocycles. The van der Waals surface area contributed by atoms with Crippen LogP contribution in [0.15, 0.2) is 36.7 Å². The van der Waals surface area contributed by atoms with Crippen molar-refractivity contribution in [2.24, 2.45) is 5.41 Å². The van der Waals surface area contributed by atoms with E-state index < -0.39 is 0 Å². The molecule has 3 heteroatoms. The minimum Gasteiger partial charge on any atom is -0.396 e. The quantitative estimate of drug-likeness (QED) is 0.878. The second-order valence-electron chi connectivity index (χ2n) is 6.03. The summed E-state index contributed by atoms with van der Waals surface area (Å²) < 4.78 is 0. The van der Waals surface area contributed by atoms with Gasteiger partial charge in [-0.25, -0.2) is 0 Å². The molecule has 0 atom stereocenters. The van der Waals surface area contributed by atoms with E-state index in [0.717, 1.165) is 25.9 Å². The average molecular weight is 270 g/mol. The summed E-state index contributed by atoms with van der Waals surface area (Å²) in [5.74, 6) is 0. The third-order valence-electron chi connectivity index (χ3n) is 4.53. The number of hydrogen-bond donors (Lipinski definition) is 2. The molecule has 1 fully saturated rings. The second-order valence-corrected chi connectivity index (χ2v) is 6.03. The first-order valence-electron chi connectivity index (χ1n) is 7.46. The molecule has 0 radical (unpaired) electrons. The molecule has 2 N–H and O–H groups in total. The van der Waals surface area contributed by atoms with Crippen LogP contribution in [0.5, 0.6) is 0 Å². The first-order valence-corrected chi connectivity index (χ1v) is 7.46. The Morgan fingerprint density at radius 3 is 2.80 bits per heavy atom. The van der Waals surface area contributed by atoms with Crippen molar-refractivity contribution in [2.75, 3.05) is 13.2 Å². The minimum atomic E-state index is 0.126. The van der Waals surface area contributed by atoms with Crippen molar-refractivity contribution >= 4 is 10.8 Å². The standard InChI is InChI=1S/C17H22N2O/c20-13-17(6-1-2-7-17)12-19-10-14-3-4-16-11-18-8-5-15(16)9-14/h3-5,8-9,11,19-20H,1-2,6-7,10,12-13H2. The van der Waals surface area contributed by atoms with E-state index in [1.807, 2.05) is 18.5 Å². The van der Waals surface area contributed by atoms with Gasteiger partial charge in [-0.05, 0) is 35.9 Å². The van der Waals surface area contributed by atoms with Gasteiger partial charge in [0.2, 0.25) is 0 Å². The molecule has 1 aromatic carbocycles. The molecule has 20 heavy (non-hydrogen) atoms. The number of pyridine rings is 1. The molecule has 1 aliphatic carbocycles. The summed E-state index contributed by atoms with van der Waals surface area (Å²) in [5, 5.41) is 15.5. The van der Waals surface area contributed by atoms with E-state index in [4.69, 9.17) is 0 Å². The van der Waals surface area contributed by atoms with Gasteiger partial charge in [-0.1, -0.05) is 25.0 Å². The van der Waals surface area contributed by atoms with E-state index in [2.05, 4.69) is 28.5 Å². The highest BCUT2D eigenvalue weighted by Gasteiger charge is 2.32. The van der Waals surface area contributed by atoms with Gasteiger partial charge in [-0.15, -0.1) is 0 Å². The van der Waals surface area contributed by atoms with Crippen LogP contribution in [-0.2, 0) is 6.54 Å². The molecule has 106 valence electrons. The summed E-state index contributed by atoms with van der Waals surface area (Å²) >= 11 is 0. The summed E-state index contributed by atoms with van der Waals surface area (Å²) in [6.07, 6.45) is 8.54. The van der Waals surface area contributed by atoms with Crippen molar-refractivity contribution in [1.29, 1.82) is 0 Å². The molecule has 0 spiro atoms. The Hall–Kier alpha value is -1.45. The zero-order valence-corrected chi connectivity index (χ0v) is 11.8.